The molecule has 1 saturated heterocycles. The molecule has 1 aliphatic heterocycles. The van der Waals surface area contributed by atoms with Crippen molar-refractivity contribution in [3.63, 3.8) is 0 Å². The third kappa shape index (κ3) is 3.57. The van der Waals surface area contributed by atoms with Crippen molar-refractivity contribution >= 4 is 0 Å². The number of piperidine rings is 1. The van der Waals surface area contributed by atoms with Gasteiger partial charge in [-0.2, -0.15) is 12.8 Å². The van der Waals surface area contributed by atoms with Gasteiger partial charge in [-0.1, -0.05) is 6.92 Å². The van der Waals surface area contributed by atoms with Crippen molar-refractivity contribution in [3.8, 4) is 0 Å². The summed E-state index contributed by atoms with van der Waals surface area (Å²) in [6, 6.07) is 0. The van der Waals surface area contributed by atoms with Gasteiger partial charge in [-0.05, 0) is 45.3 Å². The Labute approximate surface area is 116 Å². The fourth-order valence-corrected chi connectivity index (χ4v) is 2.67. The van der Waals surface area contributed by atoms with Gasteiger partial charge in [0.1, 0.15) is 0 Å². The van der Waals surface area contributed by atoms with Crippen molar-refractivity contribution in [3.05, 3.63) is 13.8 Å². The molecule has 1 rings (SSSR count). The van der Waals surface area contributed by atoms with Crippen LogP contribution in [0, 0.1) is 13.8 Å². The van der Waals surface area contributed by atoms with Crippen LogP contribution < -0.4 is 0 Å². The Morgan fingerprint density at radius 1 is 1.07 bits per heavy atom. The zero-order chi connectivity index (χ0) is 9.41. The fraction of sp³-hybridized carbons (Fsp3) is 0.833. The van der Waals surface area contributed by atoms with Crippen LogP contribution in [-0.4, -0.2) is 22.5 Å². The normalized spacial score (nSPS) is 24.6. The summed E-state index contributed by atoms with van der Waals surface area (Å²) < 4.78 is 0. The molecule has 83 valence electrons. The van der Waals surface area contributed by atoms with E-state index in [0.717, 1.165) is 6.54 Å². The molecule has 1 radical (unpaired) electrons. The molecule has 1 nitrogen and oxygen atoms in total. The standard InChI is InChI=1S/C11H22N.CH3.Y/c1-6-12-10(2,3)8-7-9-11(12,4)5;;/h7H,6,8-9H2,1-5H3;1H3;/q2*-1;. The van der Waals surface area contributed by atoms with Gasteiger partial charge < -0.3 is 13.8 Å². The largest absolute Gasteiger partial charge is 0.358 e. The maximum Gasteiger partial charge on any atom is 0 e. The van der Waals surface area contributed by atoms with E-state index in [0.29, 0.717) is 11.1 Å². The Bertz CT molecular complexity index is 148. The summed E-state index contributed by atoms with van der Waals surface area (Å²) in [4.78, 5) is 2.61. The Morgan fingerprint density at radius 2 is 1.43 bits per heavy atom. The Balaban J connectivity index is 0. The van der Waals surface area contributed by atoms with Crippen molar-refractivity contribution in [2.75, 3.05) is 6.54 Å². The first-order valence-electron chi connectivity index (χ1n) is 4.99. The average Bonchev–Trinajstić information content (AvgIpc) is 1.83. The average molecular weight is 272 g/mol. The van der Waals surface area contributed by atoms with Crippen LogP contribution in [0.15, 0.2) is 0 Å². The van der Waals surface area contributed by atoms with Gasteiger partial charge in [0.2, 0.25) is 0 Å². The Hall–Kier alpha value is 1.06. The second-order valence-electron chi connectivity index (χ2n) is 5.07. The number of likely N-dealkylation sites (tertiary alicyclic amines) is 1. The summed E-state index contributed by atoms with van der Waals surface area (Å²) >= 11 is 0. The molecule has 0 amide bonds. The van der Waals surface area contributed by atoms with Gasteiger partial charge in [-0.25, -0.2) is 0 Å². The maximum atomic E-state index is 2.61. The first-order valence-corrected chi connectivity index (χ1v) is 4.99. The van der Waals surface area contributed by atoms with Crippen molar-refractivity contribution < 1.29 is 32.7 Å². The van der Waals surface area contributed by atoms with Crippen molar-refractivity contribution in [1.82, 2.24) is 4.90 Å². The van der Waals surface area contributed by atoms with Crippen LogP contribution in [-0.2, 0) is 32.7 Å². The topological polar surface area (TPSA) is 3.24 Å². The van der Waals surface area contributed by atoms with Crippen LogP contribution in [0.1, 0.15) is 47.5 Å². The van der Waals surface area contributed by atoms with E-state index in [1.165, 1.54) is 12.8 Å². The number of hydrogen-bond acceptors (Lipinski definition) is 1. The molecule has 0 saturated carbocycles. The summed E-state index contributed by atoms with van der Waals surface area (Å²) in [5, 5.41) is 0. The summed E-state index contributed by atoms with van der Waals surface area (Å²) in [5.74, 6) is 0. The van der Waals surface area contributed by atoms with E-state index in [4.69, 9.17) is 0 Å². The quantitative estimate of drug-likeness (QED) is 0.662. The van der Waals surface area contributed by atoms with Crippen LogP contribution in [0.5, 0.6) is 0 Å². The molecule has 0 N–H and O–H groups in total. The van der Waals surface area contributed by atoms with Crippen LogP contribution >= 0.6 is 0 Å². The number of rotatable bonds is 1. The van der Waals surface area contributed by atoms with E-state index in [2.05, 4.69) is 45.9 Å². The predicted molar refractivity (Wildman–Crippen MR) is 60.5 cm³/mol. The molecule has 0 aliphatic carbocycles. The van der Waals surface area contributed by atoms with Gasteiger partial charge in [0.15, 0.2) is 0 Å². The van der Waals surface area contributed by atoms with Gasteiger partial charge in [0.05, 0.1) is 0 Å². The molecule has 14 heavy (non-hydrogen) atoms. The molecular formula is C12H25NY-2. The molecule has 1 fully saturated rings. The molecule has 1 aliphatic rings. The predicted octanol–water partition coefficient (Wildman–Crippen LogP) is 3.31. The van der Waals surface area contributed by atoms with Crippen LogP contribution in [0.25, 0.3) is 0 Å². The molecule has 0 aromatic rings. The molecule has 0 aromatic carbocycles. The minimum atomic E-state index is 0. The molecule has 0 spiro atoms. The second-order valence-corrected chi connectivity index (χ2v) is 5.07. The maximum absolute atomic E-state index is 2.61. The first kappa shape index (κ1) is 17.5. The molecule has 1 heterocycles. The second kappa shape index (κ2) is 5.96. The van der Waals surface area contributed by atoms with Crippen LogP contribution in [0.2, 0.25) is 0 Å². The van der Waals surface area contributed by atoms with Crippen molar-refractivity contribution in [2.45, 2.75) is 58.5 Å². The fourth-order valence-electron chi connectivity index (χ4n) is 2.67. The van der Waals surface area contributed by atoms with Crippen LogP contribution in [0.4, 0.5) is 0 Å². The van der Waals surface area contributed by atoms with Gasteiger partial charge in [-0.15, -0.1) is 0 Å². The minimum Gasteiger partial charge on any atom is -0.358 e. The minimum absolute atomic E-state index is 0. The zero-order valence-corrected chi connectivity index (χ0v) is 13.6. The molecular weight excluding hydrogens is 247 g/mol. The third-order valence-electron chi connectivity index (χ3n) is 3.07. The van der Waals surface area contributed by atoms with E-state index >= 15 is 0 Å². The van der Waals surface area contributed by atoms with Gasteiger partial charge in [0, 0.05) is 32.7 Å². The monoisotopic (exact) mass is 272 g/mol. The van der Waals surface area contributed by atoms with E-state index in [-0.39, 0.29) is 40.1 Å². The molecule has 0 unspecified atom stereocenters. The smallest absolute Gasteiger partial charge is 0 e. The third-order valence-corrected chi connectivity index (χ3v) is 3.07. The molecule has 0 atom stereocenters. The van der Waals surface area contributed by atoms with Crippen LogP contribution in [0.3, 0.4) is 0 Å². The van der Waals surface area contributed by atoms with E-state index < -0.39 is 0 Å². The Kier molecular flexibility index (Phi) is 7.44. The number of hydrogen-bond donors (Lipinski definition) is 0. The van der Waals surface area contributed by atoms with Crippen molar-refractivity contribution in [1.29, 1.82) is 0 Å². The van der Waals surface area contributed by atoms with E-state index in [1.54, 1.807) is 0 Å². The summed E-state index contributed by atoms with van der Waals surface area (Å²) in [6.07, 6.45) is 4.89. The number of nitrogens with zero attached hydrogens (tertiary/aromatic N) is 1. The first-order chi connectivity index (χ1) is 5.40. The summed E-state index contributed by atoms with van der Waals surface area (Å²) in [6.45, 7) is 12.8. The van der Waals surface area contributed by atoms with E-state index in [9.17, 15) is 0 Å². The molecule has 2 heteroatoms. The summed E-state index contributed by atoms with van der Waals surface area (Å²) in [5.41, 5.74) is 0.715. The van der Waals surface area contributed by atoms with Crippen molar-refractivity contribution in [2.24, 2.45) is 0 Å². The van der Waals surface area contributed by atoms with E-state index in [1.807, 2.05) is 0 Å². The van der Waals surface area contributed by atoms with Gasteiger partial charge in [0.25, 0.3) is 0 Å². The molecule has 0 aromatic heterocycles. The van der Waals surface area contributed by atoms with Gasteiger partial charge >= 0.3 is 0 Å². The zero-order valence-electron chi connectivity index (χ0n) is 10.7. The Morgan fingerprint density at radius 3 is 1.64 bits per heavy atom. The van der Waals surface area contributed by atoms with Gasteiger partial charge in [-0.3, -0.25) is 4.90 Å². The summed E-state index contributed by atoms with van der Waals surface area (Å²) in [7, 11) is 0. The molecule has 0 bridgehead atoms. The SMILES string of the molecule is CCN1C(C)(C)C[CH-]CC1(C)C.[CH3-].[Y].